The van der Waals surface area contributed by atoms with Gasteiger partial charge in [-0.2, -0.15) is 0 Å². The normalized spacial score (nSPS) is 16.8. The highest BCUT2D eigenvalue weighted by Crippen LogP contribution is 2.29. The first-order valence-corrected chi connectivity index (χ1v) is 5.86. The molecule has 1 N–H and O–H groups in total. The third-order valence-corrected chi connectivity index (χ3v) is 3.08. The van der Waals surface area contributed by atoms with Crippen LogP contribution in [0.2, 0.25) is 5.02 Å². The second kappa shape index (κ2) is 4.89. The molecule has 86 valence electrons. The Kier molecular flexibility index (Phi) is 3.52. The standard InChI is InChI=1S/C13H16ClNO/c1-9-8-10(14)5-6-11(9)13(15-2)12-4-3-7-16-12/h4-6,8,13,15H,3,7H2,1-2H3. The fourth-order valence-electron chi connectivity index (χ4n) is 2.05. The number of likely N-dealkylation sites (N-methyl/N-ethyl adjacent to an activating group) is 1. The first-order valence-electron chi connectivity index (χ1n) is 5.48. The molecule has 0 aliphatic carbocycles. The highest BCUT2D eigenvalue weighted by atomic mass is 35.5. The van der Waals surface area contributed by atoms with Crippen LogP contribution >= 0.6 is 11.6 Å². The van der Waals surface area contributed by atoms with Gasteiger partial charge in [0.25, 0.3) is 0 Å². The Morgan fingerprint density at radius 3 is 2.81 bits per heavy atom. The summed E-state index contributed by atoms with van der Waals surface area (Å²) in [6.45, 7) is 2.86. The first kappa shape index (κ1) is 11.5. The number of benzene rings is 1. The molecule has 1 aliphatic heterocycles. The lowest BCUT2D eigenvalue weighted by Crippen LogP contribution is -2.20. The van der Waals surface area contributed by atoms with Crippen molar-refractivity contribution < 1.29 is 4.74 Å². The molecule has 1 aliphatic rings. The fourth-order valence-corrected chi connectivity index (χ4v) is 2.28. The van der Waals surface area contributed by atoms with Gasteiger partial charge in [0.2, 0.25) is 0 Å². The number of nitrogens with one attached hydrogen (secondary N) is 1. The lowest BCUT2D eigenvalue weighted by molar-refractivity contribution is 0.218. The Labute approximate surface area is 101 Å². The second-order valence-electron chi connectivity index (χ2n) is 3.97. The highest BCUT2D eigenvalue weighted by Gasteiger charge is 2.20. The summed E-state index contributed by atoms with van der Waals surface area (Å²) in [5, 5.41) is 4.06. The largest absolute Gasteiger partial charge is 0.496 e. The first-order chi connectivity index (χ1) is 7.72. The smallest absolute Gasteiger partial charge is 0.114 e. The maximum absolute atomic E-state index is 5.96. The van der Waals surface area contributed by atoms with Gasteiger partial charge in [-0.3, -0.25) is 0 Å². The zero-order valence-electron chi connectivity index (χ0n) is 9.59. The molecule has 1 unspecified atom stereocenters. The van der Waals surface area contributed by atoms with Crippen molar-refractivity contribution in [3.63, 3.8) is 0 Å². The van der Waals surface area contributed by atoms with E-state index in [1.165, 1.54) is 11.1 Å². The molecule has 0 saturated carbocycles. The molecule has 0 saturated heterocycles. The third kappa shape index (κ3) is 2.23. The van der Waals surface area contributed by atoms with Gasteiger partial charge < -0.3 is 10.1 Å². The molecule has 1 atom stereocenters. The van der Waals surface area contributed by atoms with Crippen LogP contribution in [0.25, 0.3) is 0 Å². The van der Waals surface area contributed by atoms with Crippen LogP contribution in [-0.2, 0) is 4.74 Å². The van der Waals surface area contributed by atoms with Crippen molar-refractivity contribution in [1.29, 1.82) is 0 Å². The molecule has 1 aromatic carbocycles. The highest BCUT2D eigenvalue weighted by molar-refractivity contribution is 6.30. The van der Waals surface area contributed by atoms with Gasteiger partial charge in [0.05, 0.1) is 12.6 Å². The van der Waals surface area contributed by atoms with E-state index in [9.17, 15) is 0 Å². The van der Waals surface area contributed by atoms with E-state index in [-0.39, 0.29) is 6.04 Å². The van der Waals surface area contributed by atoms with Gasteiger partial charge in [0, 0.05) is 11.4 Å². The molecule has 1 heterocycles. The summed E-state index contributed by atoms with van der Waals surface area (Å²) in [5.74, 6) is 1.02. The molecule has 2 rings (SSSR count). The quantitative estimate of drug-likeness (QED) is 0.872. The van der Waals surface area contributed by atoms with Crippen LogP contribution in [0.5, 0.6) is 0 Å². The van der Waals surface area contributed by atoms with Crippen LogP contribution in [0.15, 0.2) is 30.0 Å². The second-order valence-corrected chi connectivity index (χ2v) is 4.40. The molecule has 0 fully saturated rings. The minimum absolute atomic E-state index is 0.139. The summed E-state index contributed by atoms with van der Waals surface area (Å²) < 4.78 is 5.61. The molecule has 16 heavy (non-hydrogen) atoms. The SMILES string of the molecule is CNC(C1=CCCO1)c1ccc(Cl)cc1C. The molecule has 3 heteroatoms. The van der Waals surface area contributed by atoms with Gasteiger partial charge in [0.15, 0.2) is 0 Å². The number of halogens is 1. The van der Waals surface area contributed by atoms with Crippen molar-refractivity contribution >= 4 is 11.6 Å². The molecule has 0 aromatic heterocycles. The maximum atomic E-state index is 5.96. The summed E-state index contributed by atoms with van der Waals surface area (Å²) in [4.78, 5) is 0. The van der Waals surface area contributed by atoms with E-state index < -0.39 is 0 Å². The van der Waals surface area contributed by atoms with Crippen LogP contribution < -0.4 is 5.32 Å². The summed E-state index contributed by atoms with van der Waals surface area (Å²) >= 11 is 5.96. The number of hydrogen-bond donors (Lipinski definition) is 1. The molecule has 2 nitrogen and oxygen atoms in total. The van der Waals surface area contributed by atoms with Gasteiger partial charge in [-0.05, 0) is 43.3 Å². The third-order valence-electron chi connectivity index (χ3n) is 2.85. The summed E-state index contributed by atoms with van der Waals surface area (Å²) in [6, 6.07) is 6.10. The van der Waals surface area contributed by atoms with E-state index in [0.717, 1.165) is 23.8 Å². The number of ether oxygens (including phenoxy) is 1. The monoisotopic (exact) mass is 237 g/mol. The average molecular weight is 238 g/mol. The number of rotatable bonds is 3. The lowest BCUT2D eigenvalue weighted by Gasteiger charge is -2.20. The lowest BCUT2D eigenvalue weighted by atomic mass is 10.00. The van der Waals surface area contributed by atoms with Gasteiger partial charge in [0.1, 0.15) is 5.76 Å². The Morgan fingerprint density at radius 2 is 2.25 bits per heavy atom. The molecule has 0 spiro atoms. The van der Waals surface area contributed by atoms with E-state index in [0.29, 0.717) is 0 Å². The molecule has 0 bridgehead atoms. The molecular weight excluding hydrogens is 222 g/mol. The molecule has 0 radical (unpaired) electrons. The van der Waals surface area contributed by atoms with Crippen LogP contribution in [0.3, 0.4) is 0 Å². The van der Waals surface area contributed by atoms with Crippen LogP contribution in [0.1, 0.15) is 23.6 Å². The van der Waals surface area contributed by atoms with Gasteiger partial charge in [-0.1, -0.05) is 17.7 Å². The van der Waals surface area contributed by atoms with Crippen LogP contribution in [0.4, 0.5) is 0 Å². The molecule has 0 amide bonds. The topological polar surface area (TPSA) is 21.3 Å². The van der Waals surface area contributed by atoms with E-state index in [1.54, 1.807) is 0 Å². The number of hydrogen-bond acceptors (Lipinski definition) is 2. The molecular formula is C13H16ClNO. The minimum atomic E-state index is 0.139. The fraction of sp³-hybridized carbons (Fsp3) is 0.385. The average Bonchev–Trinajstić information content (AvgIpc) is 2.75. The predicted octanol–water partition coefficient (Wildman–Crippen LogP) is 3.21. The van der Waals surface area contributed by atoms with E-state index in [2.05, 4.69) is 24.4 Å². The van der Waals surface area contributed by atoms with Crippen molar-refractivity contribution in [2.24, 2.45) is 0 Å². The maximum Gasteiger partial charge on any atom is 0.114 e. The van der Waals surface area contributed by atoms with Crippen LogP contribution in [-0.4, -0.2) is 13.7 Å². The predicted molar refractivity (Wildman–Crippen MR) is 66.6 cm³/mol. The van der Waals surface area contributed by atoms with Crippen molar-refractivity contribution in [3.05, 3.63) is 46.2 Å². The number of aryl methyl sites for hydroxylation is 1. The van der Waals surface area contributed by atoms with Crippen molar-refractivity contribution in [1.82, 2.24) is 5.32 Å². The van der Waals surface area contributed by atoms with E-state index >= 15 is 0 Å². The van der Waals surface area contributed by atoms with E-state index in [1.807, 2.05) is 19.2 Å². The van der Waals surface area contributed by atoms with Gasteiger partial charge >= 0.3 is 0 Å². The van der Waals surface area contributed by atoms with E-state index in [4.69, 9.17) is 16.3 Å². The summed E-state index contributed by atoms with van der Waals surface area (Å²) in [7, 11) is 1.95. The Hall–Kier alpha value is -0.990. The zero-order valence-corrected chi connectivity index (χ0v) is 10.3. The van der Waals surface area contributed by atoms with Crippen LogP contribution in [0, 0.1) is 6.92 Å². The van der Waals surface area contributed by atoms with Gasteiger partial charge in [-0.25, -0.2) is 0 Å². The van der Waals surface area contributed by atoms with Crippen molar-refractivity contribution in [2.45, 2.75) is 19.4 Å². The van der Waals surface area contributed by atoms with Crippen molar-refractivity contribution in [3.8, 4) is 0 Å². The Bertz CT molecular complexity index is 414. The van der Waals surface area contributed by atoms with Crippen molar-refractivity contribution in [2.75, 3.05) is 13.7 Å². The molecule has 1 aromatic rings. The minimum Gasteiger partial charge on any atom is -0.496 e. The zero-order chi connectivity index (χ0) is 11.5. The summed E-state index contributed by atoms with van der Waals surface area (Å²) in [6.07, 6.45) is 3.15. The Balaban J connectivity index is 2.32. The Morgan fingerprint density at radius 1 is 1.44 bits per heavy atom. The summed E-state index contributed by atoms with van der Waals surface area (Å²) in [5.41, 5.74) is 2.41. The van der Waals surface area contributed by atoms with Gasteiger partial charge in [-0.15, -0.1) is 0 Å².